The molecule has 0 bridgehead atoms. The van der Waals surface area contributed by atoms with E-state index >= 15 is 0 Å². The Balaban J connectivity index is 1.70. The summed E-state index contributed by atoms with van der Waals surface area (Å²) in [5.74, 6) is 1.58. The van der Waals surface area contributed by atoms with E-state index in [2.05, 4.69) is 54.2 Å². The summed E-state index contributed by atoms with van der Waals surface area (Å²) in [4.78, 5) is 0. The number of ether oxygens (including phenoxy) is 2. The van der Waals surface area contributed by atoms with Crippen molar-refractivity contribution in [1.82, 2.24) is 5.32 Å². The van der Waals surface area contributed by atoms with Gasteiger partial charge in [0.1, 0.15) is 12.4 Å². The molecule has 2 unspecified atom stereocenters. The Morgan fingerprint density at radius 2 is 2.10 bits per heavy atom. The summed E-state index contributed by atoms with van der Waals surface area (Å²) >= 11 is 3.54. The summed E-state index contributed by atoms with van der Waals surface area (Å²) in [6.07, 6.45) is 2.74. The molecule has 0 aliphatic carbocycles. The van der Waals surface area contributed by atoms with Crippen LogP contribution >= 0.6 is 15.9 Å². The van der Waals surface area contributed by atoms with Crippen LogP contribution in [0.3, 0.4) is 0 Å². The number of halogens is 1. The van der Waals surface area contributed by atoms with E-state index in [1.165, 1.54) is 5.56 Å². The maximum Gasteiger partial charge on any atom is 0.133 e. The second-order valence-electron chi connectivity index (χ2n) is 6.25. The Bertz CT molecular complexity index is 450. The normalized spacial score (nSPS) is 22.0. The standard InChI is InChI=1S/C17H26BrNO2/c1-12(2)9-19-10-14-5-6-15(21-14)11-20-17-7-4-13(3)8-16(17)18/h4,7-8,12,14-15,19H,5-6,9-11H2,1-3H3. The zero-order valence-corrected chi connectivity index (χ0v) is 14.8. The van der Waals surface area contributed by atoms with E-state index < -0.39 is 0 Å². The predicted molar refractivity (Wildman–Crippen MR) is 90.0 cm³/mol. The summed E-state index contributed by atoms with van der Waals surface area (Å²) in [6.45, 7) is 9.14. The molecule has 1 aromatic rings. The van der Waals surface area contributed by atoms with Crippen molar-refractivity contribution in [2.45, 2.75) is 45.8 Å². The van der Waals surface area contributed by atoms with Gasteiger partial charge in [0.15, 0.2) is 0 Å². The average molecular weight is 356 g/mol. The number of nitrogens with one attached hydrogen (secondary N) is 1. The average Bonchev–Trinajstić information content (AvgIpc) is 2.85. The highest BCUT2D eigenvalue weighted by molar-refractivity contribution is 9.10. The number of rotatable bonds is 7. The molecule has 0 spiro atoms. The highest BCUT2D eigenvalue weighted by atomic mass is 79.9. The zero-order valence-electron chi connectivity index (χ0n) is 13.2. The van der Waals surface area contributed by atoms with Gasteiger partial charge in [-0.25, -0.2) is 0 Å². The SMILES string of the molecule is Cc1ccc(OCC2CCC(CNCC(C)C)O2)c(Br)c1. The predicted octanol–water partition coefficient (Wildman–Crippen LogP) is 3.93. The molecule has 1 heterocycles. The quantitative estimate of drug-likeness (QED) is 0.803. The third kappa shape index (κ3) is 5.61. The Labute approximate surface area is 136 Å². The van der Waals surface area contributed by atoms with E-state index in [1.807, 2.05) is 6.07 Å². The van der Waals surface area contributed by atoms with Gasteiger partial charge in [-0.3, -0.25) is 0 Å². The Kier molecular flexibility index (Phi) is 6.52. The van der Waals surface area contributed by atoms with Crippen LogP contribution in [0.5, 0.6) is 5.75 Å². The molecule has 118 valence electrons. The lowest BCUT2D eigenvalue weighted by Crippen LogP contribution is -2.30. The van der Waals surface area contributed by atoms with Crippen molar-refractivity contribution in [2.24, 2.45) is 5.92 Å². The molecule has 2 atom stereocenters. The summed E-state index contributed by atoms with van der Waals surface area (Å²) < 4.78 is 12.9. The molecule has 21 heavy (non-hydrogen) atoms. The summed E-state index contributed by atoms with van der Waals surface area (Å²) in [5.41, 5.74) is 1.22. The minimum Gasteiger partial charge on any atom is -0.490 e. The third-order valence-corrected chi connectivity index (χ3v) is 4.25. The molecule has 0 aromatic heterocycles. The first-order valence-electron chi connectivity index (χ1n) is 7.79. The molecule has 1 N–H and O–H groups in total. The van der Waals surface area contributed by atoms with E-state index in [9.17, 15) is 0 Å². The van der Waals surface area contributed by atoms with Crippen LogP contribution in [-0.2, 0) is 4.74 Å². The van der Waals surface area contributed by atoms with Gasteiger partial charge in [-0.05, 0) is 65.9 Å². The van der Waals surface area contributed by atoms with E-state index in [0.717, 1.165) is 36.2 Å². The van der Waals surface area contributed by atoms with Crippen molar-refractivity contribution in [3.63, 3.8) is 0 Å². The van der Waals surface area contributed by atoms with Crippen molar-refractivity contribution < 1.29 is 9.47 Å². The van der Waals surface area contributed by atoms with Gasteiger partial charge in [0.05, 0.1) is 16.7 Å². The second-order valence-corrected chi connectivity index (χ2v) is 7.11. The largest absolute Gasteiger partial charge is 0.490 e. The van der Waals surface area contributed by atoms with Crippen molar-refractivity contribution >= 4 is 15.9 Å². The lowest BCUT2D eigenvalue weighted by atomic mass is 10.2. The molecular formula is C17H26BrNO2. The van der Waals surface area contributed by atoms with Crippen LogP contribution in [-0.4, -0.2) is 31.9 Å². The maximum absolute atomic E-state index is 6.03. The van der Waals surface area contributed by atoms with Crippen molar-refractivity contribution in [3.8, 4) is 5.75 Å². The van der Waals surface area contributed by atoms with Gasteiger partial charge in [0.2, 0.25) is 0 Å². The molecule has 1 aliphatic heterocycles. The molecule has 0 amide bonds. The van der Waals surface area contributed by atoms with Crippen molar-refractivity contribution in [2.75, 3.05) is 19.7 Å². The van der Waals surface area contributed by atoms with Crippen molar-refractivity contribution in [1.29, 1.82) is 0 Å². The van der Waals surface area contributed by atoms with Gasteiger partial charge >= 0.3 is 0 Å². The van der Waals surface area contributed by atoms with E-state index in [4.69, 9.17) is 9.47 Å². The minimum absolute atomic E-state index is 0.212. The monoisotopic (exact) mass is 355 g/mol. The van der Waals surface area contributed by atoms with Gasteiger partial charge in [0, 0.05) is 6.54 Å². The molecule has 4 heteroatoms. The van der Waals surface area contributed by atoms with Gasteiger partial charge in [-0.1, -0.05) is 19.9 Å². The first-order chi connectivity index (χ1) is 10.0. The van der Waals surface area contributed by atoms with E-state index in [0.29, 0.717) is 18.6 Å². The Hall–Kier alpha value is -0.580. The molecule has 0 radical (unpaired) electrons. The first kappa shape index (κ1) is 16.8. The zero-order chi connectivity index (χ0) is 15.2. The Morgan fingerprint density at radius 1 is 1.33 bits per heavy atom. The summed E-state index contributed by atoms with van der Waals surface area (Å²) in [5, 5.41) is 3.46. The van der Waals surface area contributed by atoms with Crippen LogP contribution in [0.15, 0.2) is 22.7 Å². The van der Waals surface area contributed by atoms with Gasteiger partial charge in [-0.15, -0.1) is 0 Å². The fourth-order valence-corrected chi connectivity index (χ4v) is 3.10. The minimum atomic E-state index is 0.212. The molecule has 1 aromatic carbocycles. The molecule has 0 saturated carbocycles. The van der Waals surface area contributed by atoms with Crippen LogP contribution in [0.2, 0.25) is 0 Å². The van der Waals surface area contributed by atoms with E-state index in [-0.39, 0.29) is 6.10 Å². The summed E-state index contributed by atoms with van der Waals surface area (Å²) in [7, 11) is 0. The number of benzene rings is 1. The second kappa shape index (κ2) is 8.16. The maximum atomic E-state index is 6.03. The van der Waals surface area contributed by atoms with Crippen LogP contribution in [0, 0.1) is 12.8 Å². The van der Waals surface area contributed by atoms with Crippen LogP contribution < -0.4 is 10.1 Å². The lowest BCUT2D eigenvalue weighted by molar-refractivity contribution is 0.0182. The van der Waals surface area contributed by atoms with Crippen LogP contribution in [0.4, 0.5) is 0 Å². The van der Waals surface area contributed by atoms with E-state index in [1.54, 1.807) is 0 Å². The smallest absolute Gasteiger partial charge is 0.133 e. The number of aryl methyl sites for hydroxylation is 1. The fourth-order valence-electron chi connectivity index (χ4n) is 2.49. The lowest BCUT2D eigenvalue weighted by Gasteiger charge is -2.16. The van der Waals surface area contributed by atoms with Gasteiger partial charge < -0.3 is 14.8 Å². The molecule has 3 nitrogen and oxygen atoms in total. The molecular weight excluding hydrogens is 330 g/mol. The fraction of sp³-hybridized carbons (Fsp3) is 0.647. The molecule has 2 rings (SSSR count). The topological polar surface area (TPSA) is 30.5 Å². The van der Waals surface area contributed by atoms with Gasteiger partial charge in [0.25, 0.3) is 0 Å². The molecule has 1 fully saturated rings. The van der Waals surface area contributed by atoms with Crippen LogP contribution in [0.1, 0.15) is 32.3 Å². The Morgan fingerprint density at radius 3 is 2.81 bits per heavy atom. The van der Waals surface area contributed by atoms with Crippen LogP contribution in [0.25, 0.3) is 0 Å². The number of hydrogen-bond acceptors (Lipinski definition) is 3. The highest BCUT2D eigenvalue weighted by Crippen LogP contribution is 2.27. The highest BCUT2D eigenvalue weighted by Gasteiger charge is 2.25. The first-order valence-corrected chi connectivity index (χ1v) is 8.59. The third-order valence-electron chi connectivity index (χ3n) is 3.63. The summed E-state index contributed by atoms with van der Waals surface area (Å²) in [6, 6.07) is 6.15. The molecule has 1 aliphatic rings. The molecule has 1 saturated heterocycles. The van der Waals surface area contributed by atoms with Crippen molar-refractivity contribution in [3.05, 3.63) is 28.2 Å². The van der Waals surface area contributed by atoms with Gasteiger partial charge in [-0.2, -0.15) is 0 Å². The number of hydrogen-bond donors (Lipinski definition) is 1.